The Morgan fingerprint density at radius 3 is 2.80 bits per heavy atom. The Morgan fingerprint density at radius 1 is 1.30 bits per heavy atom. The maximum Gasteiger partial charge on any atom is 0.277 e. The van der Waals surface area contributed by atoms with Gasteiger partial charge in [0.25, 0.3) is 5.56 Å². The second-order valence-electron chi connectivity index (χ2n) is 7.55. The summed E-state index contributed by atoms with van der Waals surface area (Å²) in [7, 11) is 0. The highest BCUT2D eigenvalue weighted by atomic mass is 16.5. The summed E-state index contributed by atoms with van der Waals surface area (Å²) in [5.74, 6) is -0.0288. The summed E-state index contributed by atoms with van der Waals surface area (Å²) in [4.78, 5) is 33.7. The largest absolute Gasteiger partial charge is 0.381 e. The quantitative estimate of drug-likeness (QED) is 0.648. The highest BCUT2D eigenvalue weighted by Gasteiger charge is 2.17. The van der Waals surface area contributed by atoms with Gasteiger partial charge < -0.3 is 20.4 Å². The number of aryl methyl sites for hydroxylation is 1. The van der Waals surface area contributed by atoms with Crippen molar-refractivity contribution in [1.82, 2.24) is 14.5 Å². The molecule has 1 aromatic carbocycles. The summed E-state index contributed by atoms with van der Waals surface area (Å²) in [6, 6.07) is 9.94. The first-order valence-corrected chi connectivity index (χ1v) is 10.1. The molecule has 0 spiro atoms. The van der Waals surface area contributed by atoms with E-state index in [1.165, 1.54) is 0 Å². The molecule has 8 nitrogen and oxygen atoms in total. The van der Waals surface area contributed by atoms with E-state index in [-0.39, 0.29) is 24.6 Å². The van der Waals surface area contributed by atoms with Crippen LogP contribution in [-0.2, 0) is 16.1 Å². The minimum Gasteiger partial charge on any atom is -0.381 e. The number of benzene rings is 1. The van der Waals surface area contributed by atoms with Crippen molar-refractivity contribution in [3.63, 3.8) is 0 Å². The number of nitrogens with one attached hydrogen (secondary N) is 1. The van der Waals surface area contributed by atoms with Crippen molar-refractivity contribution in [2.45, 2.75) is 38.8 Å². The number of hydrogen-bond acceptors (Lipinski definition) is 6. The fourth-order valence-corrected chi connectivity index (χ4v) is 3.75. The van der Waals surface area contributed by atoms with Gasteiger partial charge in [0.2, 0.25) is 11.9 Å². The fraction of sp³-hybridized carbons (Fsp3) is 0.364. The number of fused-ring (bicyclic) bond motifs is 1. The number of aromatic nitrogens is 3. The van der Waals surface area contributed by atoms with Crippen LogP contribution in [0.15, 0.2) is 41.3 Å². The first-order chi connectivity index (χ1) is 14.5. The SMILES string of the molecule is Cc1ccccc1-c1cc2cnc(NC3CCOCC3)nc2c(=O)n1CCC(N)=O. The molecule has 3 heterocycles. The zero-order valence-corrected chi connectivity index (χ0v) is 16.9. The predicted octanol–water partition coefficient (Wildman–Crippen LogP) is 2.23. The third-order valence-corrected chi connectivity index (χ3v) is 5.41. The Morgan fingerprint density at radius 2 is 2.07 bits per heavy atom. The minimum absolute atomic E-state index is 0.0720. The molecule has 156 valence electrons. The number of nitrogens with zero attached hydrogens (tertiary/aromatic N) is 3. The van der Waals surface area contributed by atoms with Gasteiger partial charge in [-0.15, -0.1) is 0 Å². The second kappa shape index (κ2) is 8.62. The summed E-state index contributed by atoms with van der Waals surface area (Å²) in [5, 5.41) is 3.96. The molecule has 3 aromatic rings. The van der Waals surface area contributed by atoms with Crippen LogP contribution in [0.5, 0.6) is 0 Å². The van der Waals surface area contributed by atoms with Crippen molar-refractivity contribution in [2.24, 2.45) is 5.73 Å². The number of amides is 1. The molecular formula is C22H25N5O3. The van der Waals surface area contributed by atoms with Gasteiger partial charge in [-0.05, 0) is 31.4 Å². The molecule has 4 rings (SSSR count). The molecule has 1 amide bonds. The van der Waals surface area contributed by atoms with Crippen molar-refractivity contribution >= 4 is 22.8 Å². The number of carbonyl (C=O) groups excluding carboxylic acids is 1. The highest BCUT2D eigenvalue weighted by Crippen LogP contribution is 2.25. The van der Waals surface area contributed by atoms with Gasteiger partial charge in [0.15, 0.2) is 0 Å². The molecule has 3 N–H and O–H groups in total. The molecule has 0 bridgehead atoms. The van der Waals surface area contributed by atoms with E-state index in [1.807, 2.05) is 37.3 Å². The lowest BCUT2D eigenvalue weighted by Gasteiger charge is -2.23. The normalized spacial score (nSPS) is 14.7. The Bertz CT molecular complexity index is 1140. The number of pyridine rings is 1. The Hall–Kier alpha value is -3.26. The number of rotatable bonds is 6. The van der Waals surface area contributed by atoms with Crippen molar-refractivity contribution in [3.05, 3.63) is 52.4 Å². The van der Waals surface area contributed by atoms with Crippen molar-refractivity contribution in [2.75, 3.05) is 18.5 Å². The monoisotopic (exact) mass is 407 g/mol. The van der Waals surface area contributed by atoms with Crippen LogP contribution < -0.4 is 16.6 Å². The van der Waals surface area contributed by atoms with Crippen molar-refractivity contribution in [1.29, 1.82) is 0 Å². The molecule has 2 aromatic heterocycles. The Labute approximate surface area is 174 Å². The number of carbonyl (C=O) groups is 1. The lowest BCUT2D eigenvalue weighted by molar-refractivity contribution is -0.118. The average Bonchev–Trinajstić information content (AvgIpc) is 2.74. The maximum absolute atomic E-state index is 13.4. The van der Waals surface area contributed by atoms with Gasteiger partial charge in [-0.3, -0.25) is 9.59 Å². The molecule has 8 heteroatoms. The van der Waals surface area contributed by atoms with Crippen LogP contribution in [0.1, 0.15) is 24.8 Å². The van der Waals surface area contributed by atoms with Gasteiger partial charge in [-0.2, -0.15) is 0 Å². The van der Waals surface area contributed by atoms with E-state index >= 15 is 0 Å². The number of primary amides is 1. The third-order valence-electron chi connectivity index (χ3n) is 5.41. The molecule has 0 atom stereocenters. The fourth-order valence-electron chi connectivity index (χ4n) is 3.75. The Kier molecular flexibility index (Phi) is 5.76. The minimum atomic E-state index is -0.456. The highest BCUT2D eigenvalue weighted by molar-refractivity contribution is 5.83. The van der Waals surface area contributed by atoms with Gasteiger partial charge in [0.1, 0.15) is 5.52 Å². The molecule has 0 saturated carbocycles. The van der Waals surface area contributed by atoms with E-state index in [9.17, 15) is 9.59 Å². The van der Waals surface area contributed by atoms with Crippen LogP contribution in [0.2, 0.25) is 0 Å². The van der Waals surface area contributed by atoms with Gasteiger partial charge in [0, 0.05) is 49.4 Å². The first kappa shape index (κ1) is 20.0. The summed E-state index contributed by atoms with van der Waals surface area (Å²) < 4.78 is 6.97. The smallest absolute Gasteiger partial charge is 0.277 e. The van der Waals surface area contributed by atoms with E-state index in [0.717, 1.165) is 29.7 Å². The molecule has 0 aliphatic carbocycles. The summed E-state index contributed by atoms with van der Waals surface area (Å²) >= 11 is 0. The number of ether oxygens (including phenoxy) is 1. The van der Waals surface area contributed by atoms with E-state index < -0.39 is 5.91 Å². The standard InChI is InChI=1S/C22H25N5O3/c1-14-4-2-3-5-17(14)18-12-15-13-24-22(25-16-7-10-30-11-8-16)26-20(15)21(29)27(18)9-6-19(23)28/h2-5,12-13,16H,6-11H2,1H3,(H2,23,28)(H,24,25,26). The summed E-state index contributed by atoms with van der Waals surface area (Å²) in [5.41, 5.74) is 8.09. The topological polar surface area (TPSA) is 112 Å². The van der Waals surface area contributed by atoms with Crippen LogP contribution in [0.3, 0.4) is 0 Å². The van der Waals surface area contributed by atoms with E-state index in [4.69, 9.17) is 10.5 Å². The van der Waals surface area contributed by atoms with Crippen LogP contribution in [0.4, 0.5) is 5.95 Å². The third kappa shape index (κ3) is 4.18. The number of anilines is 1. The van der Waals surface area contributed by atoms with Crippen LogP contribution in [-0.4, -0.2) is 39.7 Å². The molecule has 1 saturated heterocycles. The Balaban J connectivity index is 1.80. The van der Waals surface area contributed by atoms with Crippen LogP contribution in [0.25, 0.3) is 22.2 Å². The molecule has 1 aliphatic heterocycles. The first-order valence-electron chi connectivity index (χ1n) is 10.1. The van der Waals surface area contributed by atoms with Crippen molar-refractivity contribution < 1.29 is 9.53 Å². The number of hydrogen-bond donors (Lipinski definition) is 2. The van der Waals surface area contributed by atoms with Gasteiger partial charge in [0.05, 0.1) is 5.69 Å². The summed E-state index contributed by atoms with van der Waals surface area (Å²) in [6.45, 7) is 3.58. The zero-order valence-electron chi connectivity index (χ0n) is 16.9. The lowest BCUT2D eigenvalue weighted by Crippen LogP contribution is -2.29. The van der Waals surface area contributed by atoms with E-state index in [2.05, 4.69) is 15.3 Å². The maximum atomic E-state index is 13.4. The zero-order chi connectivity index (χ0) is 21.1. The van der Waals surface area contributed by atoms with Gasteiger partial charge in [-0.25, -0.2) is 9.97 Å². The molecule has 0 radical (unpaired) electrons. The van der Waals surface area contributed by atoms with Crippen molar-refractivity contribution in [3.8, 4) is 11.3 Å². The van der Waals surface area contributed by atoms with E-state index in [1.54, 1.807) is 10.8 Å². The van der Waals surface area contributed by atoms with Gasteiger partial charge in [-0.1, -0.05) is 24.3 Å². The number of nitrogens with two attached hydrogens (primary N) is 1. The van der Waals surface area contributed by atoms with Gasteiger partial charge >= 0.3 is 0 Å². The van der Waals surface area contributed by atoms with Crippen LogP contribution in [0, 0.1) is 6.92 Å². The molecular weight excluding hydrogens is 382 g/mol. The molecule has 1 aliphatic rings. The molecule has 30 heavy (non-hydrogen) atoms. The molecule has 0 unspecified atom stereocenters. The summed E-state index contributed by atoms with van der Waals surface area (Å²) in [6.07, 6.45) is 3.49. The lowest BCUT2D eigenvalue weighted by atomic mass is 10.0. The molecule has 1 fully saturated rings. The predicted molar refractivity (Wildman–Crippen MR) is 115 cm³/mol. The van der Waals surface area contributed by atoms with E-state index in [0.29, 0.717) is 30.1 Å². The average molecular weight is 407 g/mol. The van der Waals surface area contributed by atoms with Crippen LogP contribution >= 0.6 is 0 Å². The second-order valence-corrected chi connectivity index (χ2v) is 7.55.